The number of hydrogen-bond donors (Lipinski definition) is 7. The molecule has 0 radical (unpaired) electrons. The molecule has 10 heteroatoms. The zero-order valence-electron chi connectivity index (χ0n) is 21.8. The number of aromatic amines is 2. The summed E-state index contributed by atoms with van der Waals surface area (Å²) in [6, 6.07) is 6.96. The Morgan fingerprint density at radius 1 is 0.737 bits per heavy atom. The second kappa shape index (κ2) is 9.32. The van der Waals surface area contributed by atoms with Gasteiger partial charge in [-0.3, -0.25) is 9.97 Å². The molecular formula is C28H32N4O6. The topological polar surface area (TPSA) is 176 Å². The van der Waals surface area contributed by atoms with E-state index >= 15 is 0 Å². The molecule has 4 unspecified atom stereocenters. The van der Waals surface area contributed by atoms with E-state index in [9.17, 15) is 30.3 Å². The second-order valence-corrected chi connectivity index (χ2v) is 10.4. The van der Waals surface area contributed by atoms with Gasteiger partial charge in [-0.2, -0.15) is 0 Å². The summed E-state index contributed by atoms with van der Waals surface area (Å²) in [4.78, 5) is 28.2. The van der Waals surface area contributed by atoms with Crippen molar-refractivity contribution in [1.82, 2.24) is 19.9 Å². The van der Waals surface area contributed by atoms with Crippen molar-refractivity contribution >= 4 is 28.0 Å². The first-order valence-electron chi connectivity index (χ1n) is 12.6. The fourth-order valence-corrected chi connectivity index (χ4v) is 5.66. The van der Waals surface area contributed by atoms with Crippen LogP contribution in [-0.4, -0.2) is 57.7 Å². The molecule has 3 aromatic heterocycles. The predicted molar refractivity (Wildman–Crippen MR) is 141 cm³/mol. The molecule has 0 saturated carbocycles. The first-order chi connectivity index (χ1) is 17.9. The molecule has 7 N–H and O–H groups in total. The summed E-state index contributed by atoms with van der Waals surface area (Å²) in [6.45, 7) is 9.38. The van der Waals surface area contributed by atoms with E-state index in [4.69, 9.17) is 4.98 Å². The molecule has 0 spiro atoms. The Kier molecular flexibility index (Phi) is 6.39. The third-order valence-electron chi connectivity index (χ3n) is 8.19. The summed E-state index contributed by atoms with van der Waals surface area (Å²) in [6.07, 6.45) is -3.48. The third-order valence-corrected chi connectivity index (χ3v) is 8.19. The van der Waals surface area contributed by atoms with Gasteiger partial charge in [0.25, 0.3) is 0 Å². The van der Waals surface area contributed by atoms with Crippen LogP contribution in [-0.2, 0) is 0 Å². The number of aromatic carboxylic acids is 1. The Hall–Kier alpha value is -3.57. The quantitative estimate of drug-likeness (QED) is 0.256. The predicted octanol–water partition coefficient (Wildman–Crippen LogP) is 3.72. The highest BCUT2D eigenvalue weighted by atomic mass is 16.5. The number of nitrogens with zero attached hydrogens (tertiary/aromatic N) is 2. The molecular weight excluding hydrogens is 488 g/mol. The monoisotopic (exact) mass is 520 g/mol. The number of carbonyl (C=O) groups is 1. The average molecular weight is 521 g/mol. The van der Waals surface area contributed by atoms with Crippen molar-refractivity contribution in [3.05, 3.63) is 69.3 Å². The van der Waals surface area contributed by atoms with Gasteiger partial charge in [-0.05, 0) is 49.2 Å². The van der Waals surface area contributed by atoms with Crippen LogP contribution in [0, 0.1) is 13.8 Å². The van der Waals surface area contributed by atoms with Gasteiger partial charge in [0.05, 0.1) is 22.7 Å². The summed E-state index contributed by atoms with van der Waals surface area (Å²) < 4.78 is 0. The number of aromatic nitrogens is 4. The van der Waals surface area contributed by atoms with Crippen molar-refractivity contribution in [2.75, 3.05) is 0 Å². The average Bonchev–Trinajstić information content (AvgIpc) is 3.48. The molecule has 2 aliphatic rings. The van der Waals surface area contributed by atoms with Crippen LogP contribution in [0.25, 0.3) is 22.1 Å². The minimum absolute atomic E-state index is 0.0154. The fourth-order valence-electron chi connectivity index (χ4n) is 5.66. The number of carboxylic acid groups (broad SMARTS) is 1. The highest BCUT2D eigenvalue weighted by Crippen LogP contribution is 2.40. The van der Waals surface area contributed by atoms with Crippen molar-refractivity contribution in [3.63, 3.8) is 0 Å². The van der Waals surface area contributed by atoms with E-state index in [0.717, 1.165) is 11.4 Å². The zero-order chi connectivity index (χ0) is 27.6. The normalized spacial score (nSPS) is 21.4. The molecule has 5 rings (SSSR count). The molecule has 0 aliphatic carbocycles. The molecule has 10 nitrogen and oxygen atoms in total. The Morgan fingerprint density at radius 3 is 1.76 bits per heavy atom. The number of nitrogens with one attached hydrogen (secondary N) is 2. The van der Waals surface area contributed by atoms with Crippen LogP contribution in [0.3, 0.4) is 0 Å². The first kappa shape index (κ1) is 26.1. The number of rotatable bonds is 3. The number of aliphatic hydroxyl groups excluding tert-OH is 2. The van der Waals surface area contributed by atoms with E-state index < -0.39 is 30.4 Å². The number of aryl methyl sites for hydroxylation is 2. The molecule has 38 heavy (non-hydrogen) atoms. The van der Waals surface area contributed by atoms with Gasteiger partial charge in [0.15, 0.2) is 12.6 Å². The molecule has 3 aromatic rings. The smallest absolute Gasteiger partial charge is 0.338 e. The van der Waals surface area contributed by atoms with Crippen LogP contribution in [0.5, 0.6) is 0 Å². The Balaban J connectivity index is 1.98. The Bertz CT molecular complexity index is 1600. The first-order valence-corrected chi connectivity index (χ1v) is 12.6. The lowest BCUT2D eigenvalue weighted by Crippen LogP contribution is -2.19. The largest absolute Gasteiger partial charge is 0.478 e. The number of H-pyrrole nitrogens is 2. The Labute approximate surface area is 218 Å². The van der Waals surface area contributed by atoms with Crippen molar-refractivity contribution < 1.29 is 30.3 Å². The molecule has 8 bridgehead atoms. The van der Waals surface area contributed by atoms with Crippen LogP contribution >= 0.6 is 0 Å². The van der Waals surface area contributed by atoms with Gasteiger partial charge in [0.2, 0.25) is 0 Å². The molecule has 2 aliphatic heterocycles. The molecule has 0 saturated heterocycles. The zero-order valence-corrected chi connectivity index (χ0v) is 21.8. The molecule has 200 valence electrons. The lowest BCUT2D eigenvalue weighted by atomic mass is 9.90. The van der Waals surface area contributed by atoms with E-state index in [-0.39, 0.29) is 23.0 Å². The minimum atomic E-state index is -1.76. The van der Waals surface area contributed by atoms with E-state index in [1.165, 1.54) is 0 Å². The summed E-state index contributed by atoms with van der Waals surface area (Å²) in [7, 11) is 0. The standard InChI is InChI=1S/C28H32N4O6/c1-10-11(2)16-8-20-23(26(33)34)13(4)18(30-20)7-19-14(5)25(28(37)38)22(32-19)9-21-24(27(35)36)12(3)17(31-21)6-15(10)29-16/h6-11,14,25,27-28,30-31,35-38H,1-5H3,(H,33,34). The van der Waals surface area contributed by atoms with Crippen LogP contribution in [0.4, 0.5) is 0 Å². The maximum Gasteiger partial charge on any atom is 0.338 e. The molecule has 4 atom stereocenters. The van der Waals surface area contributed by atoms with E-state index in [1.54, 1.807) is 32.0 Å². The third kappa shape index (κ3) is 4.10. The maximum absolute atomic E-state index is 12.2. The minimum Gasteiger partial charge on any atom is -0.478 e. The number of hydrogen-bond acceptors (Lipinski definition) is 7. The van der Waals surface area contributed by atoms with Gasteiger partial charge < -0.3 is 35.5 Å². The summed E-state index contributed by atoms with van der Waals surface area (Å²) in [5, 5.41) is 50.8. The second-order valence-electron chi connectivity index (χ2n) is 10.4. The highest BCUT2D eigenvalue weighted by Gasteiger charge is 2.34. The SMILES string of the molecule is Cc1c(C(=O)O)c2cc3nc(cc4[nH]c(cc5nc(cc1[nH]2)C(C)C5C(O)O)c(C(O)O)c4C)C(C)C3C. The van der Waals surface area contributed by atoms with Crippen molar-refractivity contribution in [1.29, 1.82) is 0 Å². The molecule has 0 aromatic carbocycles. The van der Waals surface area contributed by atoms with E-state index in [0.29, 0.717) is 44.6 Å². The van der Waals surface area contributed by atoms with Gasteiger partial charge in [-0.1, -0.05) is 20.8 Å². The van der Waals surface area contributed by atoms with Gasteiger partial charge >= 0.3 is 5.97 Å². The van der Waals surface area contributed by atoms with Crippen LogP contribution < -0.4 is 0 Å². The summed E-state index contributed by atoms with van der Waals surface area (Å²) in [5.74, 6) is -2.22. The van der Waals surface area contributed by atoms with Crippen LogP contribution in [0.15, 0.2) is 24.3 Å². The lowest BCUT2D eigenvalue weighted by Gasteiger charge is -2.17. The van der Waals surface area contributed by atoms with Gasteiger partial charge in [0.1, 0.15) is 0 Å². The van der Waals surface area contributed by atoms with Gasteiger partial charge in [0, 0.05) is 56.9 Å². The molecule has 0 fully saturated rings. The molecule has 0 amide bonds. The van der Waals surface area contributed by atoms with Crippen LogP contribution in [0.1, 0.15) is 101 Å². The van der Waals surface area contributed by atoms with Crippen molar-refractivity contribution in [2.24, 2.45) is 0 Å². The summed E-state index contributed by atoms with van der Waals surface area (Å²) >= 11 is 0. The van der Waals surface area contributed by atoms with Crippen molar-refractivity contribution in [2.45, 2.75) is 70.9 Å². The fraction of sp³-hybridized carbons (Fsp3) is 0.393. The highest BCUT2D eigenvalue weighted by molar-refractivity contribution is 6.00. The summed E-state index contributed by atoms with van der Waals surface area (Å²) in [5.41, 5.74) is 5.97. The van der Waals surface area contributed by atoms with Gasteiger partial charge in [-0.15, -0.1) is 0 Å². The molecule has 5 heterocycles. The Morgan fingerprint density at radius 2 is 1.21 bits per heavy atom. The van der Waals surface area contributed by atoms with Gasteiger partial charge in [-0.25, -0.2) is 4.79 Å². The maximum atomic E-state index is 12.2. The lowest BCUT2D eigenvalue weighted by molar-refractivity contribution is -0.0638. The van der Waals surface area contributed by atoms with E-state index in [1.807, 2.05) is 26.8 Å². The number of aliphatic hydroxyl groups is 4. The number of fused-ring (bicyclic) bond motifs is 8. The van der Waals surface area contributed by atoms with Crippen molar-refractivity contribution in [3.8, 4) is 0 Å². The van der Waals surface area contributed by atoms with Crippen LogP contribution in [0.2, 0.25) is 0 Å². The number of carboxylic acids is 1. The van der Waals surface area contributed by atoms with E-state index in [2.05, 4.69) is 15.0 Å².